The summed E-state index contributed by atoms with van der Waals surface area (Å²) in [5, 5.41) is 0. The van der Waals surface area contributed by atoms with Crippen LogP contribution in [-0.2, 0) is 6.42 Å². The van der Waals surface area contributed by atoms with Crippen LogP contribution in [0.2, 0.25) is 0 Å². The molecule has 0 unspecified atom stereocenters. The molecule has 0 bridgehead atoms. The highest BCUT2D eigenvalue weighted by molar-refractivity contribution is 6.06. The number of nitrogens with zero attached hydrogens (tertiary/aromatic N) is 2. The predicted octanol–water partition coefficient (Wildman–Crippen LogP) is 1.64. The van der Waals surface area contributed by atoms with E-state index in [2.05, 4.69) is 9.97 Å². The summed E-state index contributed by atoms with van der Waals surface area (Å²) in [6, 6.07) is 7.13. The topological polar surface area (TPSA) is 52.1 Å². The van der Waals surface area contributed by atoms with Gasteiger partial charge in [0, 0.05) is 24.4 Å². The minimum Gasteiger partial charge on any atom is -0.493 e. The van der Waals surface area contributed by atoms with Crippen LogP contribution in [0.4, 0.5) is 0 Å². The van der Waals surface area contributed by atoms with E-state index in [1.807, 2.05) is 12.1 Å². The van der Waals surface area contributed by atoms with Crippen molar-refractivity contribution in [3.8, 4) is 5.75 Å². The second-order valence-electron chi connectivity index (χ2n) is 3.82. The Morgan fingerprint density at radius 2 is 2.06 bits per heavy atom. The Bertz CT molecular complexity index is 567. The third kappa shape index (κ3) is 1.78. The zero-order chi connectivity index (χ0) is 11.7. The van der Waals surface area contributed by atoms with Crippen LogP contribution in [-0.4, -0.2) is 22.4 Å². The van der Waals surface area contributed by atoms with E-state index < -0.39 is 0 Å². The number of rotatable bonds is 2. The summed E-state index contributed by atoms with van der Waals surface area (Å²) in [4.78, 5) is 20.0. The first kappa shape index (κ1) is 9.96. The van der Waals surface area contributed by atoms with Crippen LogP contribution in [0.3, 0.4) is 0 Å². The summed E-state index contributed by atoms with van der Waals surface area (Å²) in [6.45, 7) is 0.689. The molecule has 2 aromatic rings. The van der Waals surface area contributed by atoms with Crippen LogP contribution < -0.4 is 4.74 Å². The van der Waals surface area contributed by atoms with Crippen molar-refractivity contribution < 1.29 is 9.53 Å². The Morgan fingerprint density at radius 1 is 1.24 bits per heavy atom. The Hall–Kier alpha value is -2.23. The maximum atomic E-state index is 12.1. The van der Waals surface area contributed by atoms with Gasteiger partial charge in [0.1, 0.15) is 5.75 Å². The standard InChI is InChI=1S/C13H10N2O2/c16-12(13-14-5-1-6-15-13)10-2-3-11-9(8-10)4-7-17-11/h1-3,5-6,8H,4,7H2. The molecule has 0 saturated carbocycles. The maximum Gasteiger partial charge on any atom is 0.230 e. The van der Waals surface area contributed by atoms with Crippen LogP contribution >= 0.6 is 0 Å². The fraction of sp³-hybridized carbons (Fsp3) is 0.154. The molecule has 1 aliphatic rings. The number of hydrogen-bond donors (Lipinski definition) is 0. The van der Waals surface area contributed by atoms with Gasteiger partial charge in [0.2, 0.25) is 11.6 Å². The monoisotopic (exact) mass is 226 g/mol. The zero-order valence-electron chi connectivity index (χ0n) is 9.09. The molecule has 0 fully saturated rings. The SMILES string of the molecule is O=C(c1ccc2c(c1)CCO2)c1ncccn1. The molecule has 4 heteroatoms. The van der Waals surface area contributed by atoms with Gasteiger partial charge < -0.3 is 4.74 Å². The second kappa shape index (κ2) is 3.97. The first-order valence-corrected chi connectivity index (χ1v) is 5.42. The number of fused-ring (bicyclic) bond motifs is 1. The number of ether oxygens (including phenoxy) is 1. The van der Waals surface area contributed by atoms with E-state index in [-0.39, 0.29) is 11.6 Å². The molecule has 1 aromatic carbocycles. The molecule has 0 N–H and O–H groups in total. The van der Waals surface area contributed by atoms with Gasteiger partial charge in [0.05, 0.1) is 6.61 Å². The minimum atomic E-state index is -0.152. The van der Waals surface area contributed by atoms with E-state index in [4.69, 9.17) is 4.74 Å². The van der Waals surface area contributed by atoms with E-state index in [1.165, 1.54) is 0 Å². The molecule has 1 aliphatic heterocycles. The molecule has 1 aromatic heterocycles. The summed E-state index contributed by atoms with van der Waals surface area (Å²) >= 11 is 0. The average Bonchev–Trinajstić information content (AvgIpc) is 2.86. The fourth-order valence-corrected chi connectivity index (χ4v) is 1.87. The van der Waals surface area contributed by atoms with Gasteiger partial charge >= 0.3 is 0 Å². The molecule has 2 heterocycles. The summed E-state index contributed by atoms with van der Waals surface area (Å²) in [5.41, 5.74) is 1.69. The highest BCUT2D eigenvalue weighted by atomic mass is 16.5. The van der Waals surface area contributed by atoms with Crippen molar-refractivity contribution in [3.05, 3.63) is 53.6 Å². The van der Waals surface area contributed by atoms with Gasteiger partial charge in [-0.15, -0.1) is 0 Å². The van der Waals surface area contributed by atoms with E-state index in [0.29, 0.717) is 12.2 Å². The molecular weight excluding hydrogens is 216 g/mol. The van der Waals surface area contributed by atoms with Gasteiger partial charge in [-0.3, -0.25) is 4.79 Å². The van der Waals surface area contributed by atoms with Crippen molar-refractivity contribution in [2.75, 3.05) is 6.61 Å². The number of benzene rings is 1. The lowest BCUT2D eigenvalue weighted by atomic mass is 10.1. The molecule has 4 nitrogen and oxygen atoms in total. The number of carbonyl (C=O) groups is 1. The summed E-state index contributed by atoms with van der Waals surface area (Å²) < 4.78 is 5.40. The van der Waals surface area contributed by atoms with Crippen molar-refractivity contribution >= 4 is 5.78 Å². The summed E-state index contributed by atoms with van der Waals surface area (Å²) in [5.74, 6) is 0.946. The molecule has 0 amide bonds. The van der Waals surface area contributed by atoms with Gasteiger partial charge in [-0.1, -0.05) is 0 Å². The van der Waals surface area contributed by atoms with Gasteiger partial charge in [0.15, 0.2) is 0 Å². The van der Waals surface area contributed by atoms with Gasteiger partial charge in [0.25, 0.3) is 0 Å². The third-order valence-corrected chi connectivity index (χ3v) is 2.72. The van der Waals surface area contributed by atoms with Crippen molar-refractivity contribution in [1.29, 1.82) is 0 Å². The molecule has 0 atom stereocenters. The normalized spacial score (nSPS) is 12.9. The average molecular weight is 226 g/mol. The molecule has 0 aliphatic carbocycles. The number of carbonyl (C=O) groups excluding carboxylic acids is 1. The quantitative estimate of drug-likeness (QED) is 0.730. The third-order valence-electron chi connectivity index (χ3n) is 2.72. The van der Waals surface area contributed by atoms with E-state index in [9.17, 15) is 4.79 Å². The Morgan fingerprint density at radius 3 is 2.88 bits per heavy atom. The van der Waals surface area contributed by atoms with Crippen LogP contribution in [0.15, 0.2) is 36.7 Å². The molecule has 17 heavy (non-hydrogen) atoms. The first-order chi connectivity index (χ1) is 8.34. The molecule has 0 spiro atoms. The molecular formula is C13H10N2O2. The number of hydrogen-bond acceptors (Lipinski definition) is 4. The lowest BCUT2D eigenvalue weighted by Crippen LogP contribution is -2.06. The lowest BCUT2D eigenvalue weighted by Gasteiger charge is -2.02. The zero-order valence-corrected chi connectivity index (χ0v) is 9.09. The van der Waals surface area contributed by atoms with Crippen LogP contribution in [0.25, 0.3) is 0 Å². The van der Waals surface area contributed by atoms with E-state index in [1.54, 1.807) is 24.5 Å². The Labute approximate surface area is 98.3 Å². The van der Waals surface area contributed by atoms with Crippen molar-refractivity contribution in [3.63, 3.8) is 0 Å². The van der Waals surface area contributed by atoms with Gasteiger partial charge in [-0.25, -0.2) is 9.97 Å². The van der Waals surface area contributed by atoms with Crippen LogP contribution in [0, 0.1) is 0 Å². The van der Waals surface area contributed by atoms with Crippen molar-refractivity contribution in [2.45, 2.75) is 6.42 Å². The predicted molar refractivity (Wildman–Crippen MR) is 61.1 cm³/mol. The van der Waals surface area contributed by atoms with Gasteiger partial charge in [-0.05, 0) is 29.8 Å². The summed E-state index contributed by atoms with van der Waals surface area (Å²) in [7, 11) is 0. The highest BCUT2D eigenvalue weighted by Crippen LogP contribution is 2.26. The van der Waals surface area contributed by atoms with E-state index in [0.717, 1.165) is 17.7 Å². The van der Waals surface area contributed by atoms with Crippen molar-refractivity contribution in [1.82, 2.24) is 9.97 Å². The number of aromatic nitrogens is 2. The molecule has 3 rings (SSSR count). The van der Waals surface area contributed by atoms with Crippen LogP contribution in [0.1, 0.15) is 21.7 Å². The van der Waals surface area contributed by atoms with E-state index >= 15 is 0 Å². The lowest BCUT2D eigenvalue weighted by molar-refractivity contribution is 0.102. The van der Waals surface area contributed by atoms with Gasteiger partial charge in [-0.2, -0.15) is 0 Å². The Kier molecular flexibility index (Phi) is 2.33. The fourth-order valence-electron chi connectivity index (χ4n) is 1.87. The molecule has 0 radical (unpaired) electrons. The molecule has 84 valence electrons. The highest BCUT2D eigenvalue weighted by Gasteiger charge is 2.17. The molecule has 0 saturated heterocycles. The van der Waals surface area contributed by atoms with Crippen LogP contribution in [0.5, 0.6) is 5.75 Å². The number of ketones is 1. The minimum absolute atomic E-state index is 0.152. The second-order valence-corrected chi connectivity index (χ2v) is 3.82. The summed E-state index contributed by atoms with van der Waals surface area (Å²) in [6.07, 6.45) is 3.99. The first-order valence-electron chi connectivity index (χ1n) is 5.42. The largest absolute Gasteiger partial charge is 0.493 e. The Balaban J connectivity index is 1.97. The maximum absolute atomic E-state index is 12.1. The smallest absolute Gasteiger partial charge is 0.230 e. The van der Waals surface area contributed by atoms with Crippen molar-refractivity contribution in [2.24, 2.45) is 0 Å².